The Kier molecular flexibility index (Phi) is 5.42. The molecule has 2 aromatic rings. The Morgan fingerprint density at radius 1 is 0.958 bits per heavy atom. The number of alkyl halides is 1. The van der Waals surface area contributed by atoms with Crippen LogP contribution in [0.3, 0.4) is 0 Å². The molecule has 0 aromatic heterocycles. The second kappa shape index (κ2) is 7.33. The molecule has 0 atom stereocenters. The van der Waals surface area contributed by atoms with E-state index in [9.17, 15) is 18.0 Å². The van der Waals surface area contributed by atoms with Gasteiger partial charge in [0.25, 0.3) is 10.0 Å². The molecule has 0 aliphatic heterocycles. The number of hydrogen-bond acceptors (Lipinski definition) is 4. The van der Waals surface area contributed by atoms with Gasteiger partial charge in [-0.3, -0.25) is 9.52 Å². The Morgan fingerprint density at radius 3 is 2.00 bits per heavy atom. The molecule has 0 aliphatic rings. The fourth-order valence-electron chi connectivity index (χ4n) is 1.81. The Balaban J connectivity index is 2.14. The third kappa shape index (κ3) is 4.46. The second-order valence-corrected chi connectivity index (χ2v) is 6.64. The quantitative estimate of drug-likeness (QED) is 0.677. The van der Waals surface area contributed by atoms with Crippen LogP contribution in [0, 0.1) is 0 Å². The first-order chi connectivity index (χ1) is 11.3. The van der Waals surface area contributed by atoms with Gasteiger partial charge in [0.1, 0.15) is 5.88 Å². The molecule has 9 heteroatoms. The molecule has 7 nitrogen and oxygen atoms in total. The monoisotopic (exact) mass is 368 g/mol. The topological polar surface area (TPSA) is 113 Å². The van der Waals surface area contributed by atoms with Crippen LogP contribution in [0.15, 0.2) is 53.4 Å². The van der Waals surface area contributed by atoms with E-state index in [1.165, 1.54) is 48.5 Å². The molecule has 2 rings (SSSR count). The number of hydrogen-bond donors (Lipinski definition) is 3. The van der Waals surface area contributed by atoms with Crippen LogP contribution < -0.4 is 10.0 Å². The molecule has 3 N–H and O–H groups in total. The molecule has 1 amide bonds. The van der Waals surface area contributed by atoms with Crippen LogP contribution in [0.25, 0.3) is 0 Å². The molecule has 0 radical (unpaired) electrons. The molecule has 2 aromatic carbocycles. The third-order valence-electron chi connectivity index (χ3n) is 2.95. The highest BCUT2D eigenvalue weighted by molar-refractivity contribution is 7.92. The lowest BCUT2D eigenvalue weighted by atomic mass is 10.2. The van der Waals surface area contributed by atoms with Gasteiger partial charge in [-0.1, -0.05) is 0 Å². The number of rotatable bonds is 6. The average Bonchev–Trinajstić information content (AvgIpc) is 2.55. The van der Waals surface area contributed by atoms with Gasteiger partial charge in [-0.25, -0.2) is 13.2 Å². The van der Waals surface area contributed by atoms with E-state index >= 15 is 0 Å². The van der Waals surface area contributed by atoms with Crippen molar-refractivity contribution in [3.05, 3.63) is 54.1 Å². The highest BCUT2D eigenvalue weighted by atomic mass is 35.5. The van der Waals surface area contributed by atoms with Crippen LogP contribution in [0.2, 0.25) is 0 Å². The number of halogens is 1. The molecular weight excluding hydrogens is 356 g/mol. The first-order valence-electron chi connectivity index (χ1n) is 6.64. The summed E-state index contributed by atoms with van der Waals surface area (Å²) in [4.78, 5) is 21.9. The van der Waals surface area contributed by atoms with Crippen LogP contribution in [0.4, 0.5) is 11.4 Å². The lowest BCUT2D eigenvalue weighted by Crippen LogP contribution is -2.14. The van der Waals surface area contributed by atoms with E-state index in [-0.39, 0.29) is 22.0 Å². The maximum absolute atomic E-state index is 12.3. The van der Waals surface area contributed by atoms with Crippen LogP contribution in [-0.4, -0.2) is 31.3 Å². The van der Waals surface area contributed by atoms with Gasteiger partial charge in [0.2, 0.25) is 5.91 Å². The van der Waals surface area contributed by atoms with Gasteiger partial charge in [-0.2, -0.15) is 0 Å². The average molecular weight is 369 g/mol. The predicted molar refractivity (Wildman–Crippen MR) is 90.0 cm³/mol. The van der Waals surface area contributed by atoms with Gasteiger partial charge in [-0.05, 0) is 48.5 Å². The van der Waals surface area contributed by atoms with Gasteiger partial charge in [-0.15, -0.1) is 11.6 Å². The van der Waals surface area contributed by atoms with Crippen LogP contribution >= 0.6 is 11.6 Å². The van der Waals surface area contributed by atoms with Crippen LogP contribution in [0.1, 0.15) is 10.4 Å². The number of anilines is 2. The summed E-state index contributed by atoms with van der Waals surface area (Å²) in [6, 6.07) is 10.8. The fraction of sp³-hybridized carbons (Fsp3) is 0.0667. The summed E-state index contributed by atoms with van der Waals surface area (Å²) in [7, 11) is -3.83. The van der Waals surface area contributed by atoms with Gasteiger partial charge in [0, 0.05) is 11.4 Å². The van der Waals surface area contributed by atoms with E-state index in [4.69, 9.17) is 16.7 Å². The molecule has 0 heterocycles. The van der Waals surface area contributed by atoms with E-state index in [2.05, 4.69) is 10.0 Å². The Bertz CT molecular complexity index is 848. The summed E-state index contributed by atoms with van der Waals surface area (Å²) in [5.74, 6) is -1.70. The van der Waals surface area contributed by atoms with E-state index in [1.54, 1.807) is 0 Å². The van der Waals surface area contributed by atoms with E-state index in [0.29, 0.717) is 5.69 Å². The standard InChI is InChI=1S/C15H13ClN2O5S/c16-9-14(19)17-11-5-7-13(8-6-11)24(22,23)18-12-3-1-10(2-4-12)15(20)21/h1-8,18H,9H2,(H,17,19)(H,20,21). The molecule has 0 saturated heterocycles. The molecule has 0 saturated carbocycles. The smallest absolute Gasteiger partial charge is 0.335 e. The molecule has 0 spiro atoms. The Morgan fingerprint density at radius 2 is 1.50 bits per heavy atom. The minimum atomic E-state index is -3.83. The minimum absolute atomic E-state index is 0.00585. The van der Waals surface area contributed by atoms with E-state index in [0.717, 1.165) is 0 Å². The van der Waals surface area contributed by atoms with Gasteiger partial charge in [0.05, 0.1) is 10.5 Å². The highest BCUT2D eigenvalue weighted by Crippen LogP contribution is 2.19. The molecule has 126 valence electrons. The zero-order valence-corrected chi connectivity index (χ0v) is 13.8. The third-order valence-corrected chi connectivity index (χ3v) is 4.59. The maximum Gasteiger partial charge on any atom is 0.335 e. The number of amides is 1. The van der Waals surface area contributed by atoms with Crippen molar-refractivity contribution in [3.63, 3.8) is 0 Å². The van der Waals surface area contributed by atoms with Crippen LogP contribution in [0.5, 0.6) is 0 Å². The zero-order chi connectivity index (χ0) is 17.7. The van der Waals surface area contributed by atoms with Crippen molar-refractivity contribution >= 4 is 44.9 Å². The molecular formula is C15H13ClN2O5S. The summed E-state index contributed by atoms with van der Waals surface area (Å²) in [6.07, 6.45) is 0. The lowest BCUT2D eigenvalue weighted by molar-refractivity contribution is -0.113. The van der Waals surface area contributed by atoms with Crippen molar-refractivity contribution in [2.75, 3.05) is 15.9 Å². The van der Waals surface area contributed by atoms with Crippen molar-refractivity contribution in [2.45, 2.75) is 4.90 Å². The molecule has 0 aliphatic carbocycles. The first-order valence-corrected chi connectivity index (χ1v) is 8.65. The van der Waals surface area contributed by atoms with Crippen molar-refractivity contribution < 1.29 is 23.1 Å². The molecule has 0 bridgehead atoms. The highest BCUT2D eigenvalue weighted by Gasteiger charge is 2.14. The number of carbonyl (C=O) groups excluding carboxylic acids is 1. The van der Waals surface area contributed by atoms with Crippen molar-refractivity contribution in [3.8, 4) is 0 Å². The Labute approximate surface area is 143 Å². The summed E-state index contributed by atoms with van der Waals surface area (Å²) in [5, 5.41) is 11.3. The summed E-state index contributed by atoms with van der Waals surface area (Å²) < 4.78 is 26.9. The van der Waals surface area contributed by atoms with E-state index in [1.807, 2.05) is 0 Å². The zero-order valence-electron chi connectivity index (χ0n) is 12.2. The van der Waals surface area contributed by atoms with Crippen LogP contribution in [-0.2, 0) is 14.8 Å². The largest absolute Gasteiger partial charge is 0.478 e. The predicted octanol–water partition coefficient (Wildman–Crippen LogP) is 2.36. The SMILES string of the molecule is O=C(CCl)Nc1ccc(S(=O)(=O)Nc2ccc(C(=O)O)cc2)cc1. The van der Waals surface area contributed by atoms with Gasteiger partial charge >= 0.3 is 5.97 Å². The summed E-state index contributed by atoms with van der Waals surface area (Å²) >= 11 is 5.37. The minimum Gasteiger partial charge on any atom is -0.478 e. The summed E-state index contributed by atoms with van der Waals surface area (Å²) in [6.45, 7) is 0. The number of benzene rings is 2. The van der Waals surface area contributed by atoms with Crippen molar-refractivity contribution in [1.29, 1.82) is 0 Å². The normalized spacial score (nSPS) is 10.9. The maximum atomic E-state index is 12.3. The Hall–Kier alpha value is -2.58. The number of carboxylic acids is 1. The number of nitrogens with one attached hydrogen (secondary N) is 2. The molecule has 0 unspecified atom stereocenters. The fourth-order valence-corrected chi connectivity index (χ4v) is 2.93. The molecule has 0 fully saturated rings. The number of carboxylic acid groups (broad SMARTS) is 1. The van der Waals surface area contributed by atoms with Crippen molar-refractivity contribution in [2.24, 2.45) is 0 Å². The molecule has 24 heavy (non-hydrogen) atoms. The first kappa shape index (κ1) is 17.8. The van der Waals surface area contributed by atoms with Gasteiger partial charge < -0.3 is 10.4 Å². The number of carbonyl (C=O) groups is 2. The van der Waals surface area contributed by atoms with Gasteiger partial charge in [0.15, 0.2) is 0 Å². The van der Waals surface area contributed by atoms with E-state index < -0.39 is 21.9 Å². The van der Waals surface area contributed by atoms with Crippen molar-refractivity contribution in [1.82, 2.24) is 0 Å². The summed E-state index contributed by atoms with van der Waals surface area (Å²) in [5.41, 5.74) is 0.710. The number of sulfonamides is 1. The second-order valence-electron chi connectivity index (χ2n) is 4.69. The number of aromatic carboxylic acids is 1. The lowest BCUT2D eigenvalue weighted by Gasteiger charge is -2.09.